The number of methoxy groups -OCH3 is 1. The Hall–Kier alpha value is -1.14. The number of amides is 1. The van der Waals surface area contributed by atoms with E-state index in [9.17, 15) is 14.7 Å². The molecule has 6 nitrogen and oxygen atoms in total. The van der Waals surface area contributed by atoms with Gasteiger partial charge in [-0.2, -0.15) is 0 Å². The van der Waals surface area contributed by atoms with E-state index in [2.05, 4.69) is 5.32 Å². The first-order chi connectivity index (χ1) is 9.05. The molecular formula is C13H22N2O4. The first-order valence-corrected chi connectivity index (χ1v) is 6.83. The maximum atomic E-state index is 11.7. The molecule has 0 spiro atoms. The number of ether oxygens (including phenoxy) is 1. The zero-order valence-corrected chi connectivity index (χ0v) is 11.4. The quantitative estimate of drug-likeness (QED) is 0.714. The molecule has 0 unspecified atom stereocenters. The number of piperidine rings is 1. The van der Waals surface area contributed by atoms with E-state index >= 15 is 0 Å². The van der Waals surface area contributed by atoms with Gasteiger partial charge in [0, 0.05) is 26.7 Å². The fraction of sp³-hybridized carbons (Fsp3) is 0.846. The lowest BCUT2D eigenvalue weighted by Crippen LogP contribution is -2.52. The van der Waals surface area contributed by atoms with Crippen LogP contribution in [0.25, 0.3) is 0 Å². The molecule has 1 aliphatic carbocycles. The average Bonchev–Trinajstić information content (AvgIpc) is 3.21. The van der Waals surface area contributed by atoms with Crippen LogP contribution in [0.5, 0.6) is 0 Å². The smallest absolute Gasteiger partial charge is 0.336 e. The molecule has 2 aliphatic rings. The third-order valence-electron chi connectivity index (χ3n) is 4.10. The fourth-order valence-corrected chi connectivity index (χ4v) is 2.42. The van der Waals surface area contributed by atoms with Crippen LogP contribution in [-0.4, -0.2) is 60.8 Å². The molecular weight excluding hydrogens is 248 g/mol. The molecule has 0 aromatic heterocycles. The number of aliphatic carboxylic acids is 1. The molecule has 1 heterocycles. The second-order valence-electron chi connectivity index (χ2n) is 5.53. The minimum absolute atomic E-state index is 0.0344. The molecule has 2 N–H and O–H groups in total. The summed E-state index contributed by atoms with van der Waals surface area (Å²) in [4.78, 5) is 24.9. The Kier molecular flexibility index (Phi) is 4.42. The van der Waals surface area contributed by atoms with Crippen molar-refractivity contribution in [1.82, 2.24) is 10.2 Å². The molecule has 1 amide bonds. The second-order valence-corrected chi connectivity index (χ2v) is 5.53. The van der Waals surface area contributed by atoms with Crippen molar-refractivity contribution >= 4 is 11.9 Å². The topological polar surface area (TPSA) is 78.9 Å². The molecule has 108 valence electrons. The number of nitrogens with one attached hydrogen (secondary N) is 1. The van der Waals surface area contributed by atoms with Crippen LogP contribution in [0.2, 0.25) is 0 Å². The number of hydrogen-bond acceptors (Lipinski definition) is 4. The summed E-state index contributed by atoms with van der Waals surface area (Å²) in [7, 11) is 1.44. The summed E-state index contributed by atoms with van der Waals surface area (Å²) in [5, 5.41) is 12.1. The number of hydrogen-bond donors (Lipinski definition) is 2. The van der Waals surface area contributed by atoms with Crippen LogP contribution in [0.4, 0.5) is 0 Å². The van der Waals surface area contributed by atoms with E-state index in [1.54, 1.807) is 0 Å². The fourth-order valence-electron chi connectivity index (χ4n) is 2.42. The summed E-state index contributed by atoms with van der Waals surface area (Å²) in [6, 6.07) is 0. The summed E-state index contributed by atoms with van der Waals surface area (Å²) in [6.07, 6.45) is 3.29. The van der Waals surface area contributed by atoms with E-state index in [4.69, 9.17) is 4.74 Å². The molecule has 6 heteroatoms. The number of carbonyl (C=O) groups is 2. The Morgan fingerprint density at radius 1 is 1.37 bits per heavy atom. The van der Waals surface area contributed by atoms with Crippen LogP contribution < -0.4 is 5.32 Å². The normalized spacial score (nSPS) is 23.0. The van der Waals surface area contributed by atoms with Gasteiger partial charge in [-0.25, -0.2) is 4.79 Å². The standard InChI is InChI=1S/C13H22N2O4/c1-19-13(12(17)18)4-6-15(7-5-13)9-11(16)14-8-10-2-3-10/h10H,2-9H2,1H3,(H,14,16)(H,17,18). The minimum atomic E-state index is -1.07. The Labute approximate surface area is 113 Å². The van der Waals surface area contributed by atoms with Crippen LogP contribution in [0.1, 0.15) is 25.7 Å². The predicted octanol–water partition coefficient (Wildman–Crippen LogP) is 0.0782. The molecule has 2 rings (SSSR count). The molecule has 1 saturated carbocycles. The van der Waals surface area contributed by atoms with Crippen molar-refractivity contribution < 1.29 is 19.4 Å². The van der Waals surface area contributed by atoms with Crippen LogP contribution in [0.15, 0.2) is 0 Å². The van der Waals surface area contributed by atoms with E-state index in [1.165, 1.54) is 20.0 Å². The van der Waals surface area contributed by atoms with Gasteiger partial charge in [0.15, 0.2) is 5.60 Å². The molecule has 0 aromatic carbocycles. The Morgan fingerprint density at radius 2 is 2.00 bits per heavy atom. The molecule has 0 aromatic rings. The number of carbonyl (C=O) groups excluding carboxylic acids is 1. The largest absolute Gasteiger partial charge is 0.479 e. The highest BCUT2D eigenvalue weighted by molar-refractivity contribution is 5.79. The summed E-state index contributed by atoms with van der Waals surface area (Å²) >= 11 is 0. The molecule has 0 bridgehead atoms. The van der Waals surface area contributed by atoms with Crippen molar-refractivity contribution in [1.29, 1.82) is 0 Å². The zero-order chi connectivity index (χ0) is 13.9. The average molecular weight is 270 g/mol. The van der Waals surface area contributed by atoms with Crippen molar-refractivity contribution in [2.45, 2.75) is 31.3 Å². The van der Waals surface area contributed by atoms with Crippen molar-refractivity contribution in [3.63, 3.8) is 0 Å². The van der Waals surface area contributed by atoms with Gasteiger partial charge in [0.2, 0.25) is 5.91 Å². The Balaban J connectivity index is 1.72. The third-order valence-corrected chi connectivity index (χ3v) is 4.10. The summed E-state index contributed by atoms with van der Waals surface area (Å²) in [5.74, 6) is -0.196. The van der Waals surface area contributed by atoms with Crippen molar-refractivity contribution in [3.05, 3.63) is 0 Å². The second kappa shape index (κ2) is 5.88. The third kappa shape index (κ3) is 3.67. The number of likely N-dealkylation sites (tertiary alicyclic amines) is 1. The highest BCUT2D eigenvalue weighted by Gasteiger charge is 2.41. The molecule has 1 aliphatic heterocycles. The van der Waals surface area contributed by atoms with E-state index < -0.39 is 11.6 Å². The lowest BCUT2D eigenvalue weighted by atomic mass is 9.91. The Bertz CT molecular complexity index is 347. The molecule has 0 atom stereocenters. The monoisotopic (exact) mass is 270 g/mol. The van der Waals surface area contributed by atoms with Gasteiger partial charge in [-0.1, -0.05) is 0 Å². The SMILES string of the molecule is COC1(C(=O)O)CCN(CC(=O)NCC2CC2)CC1. The maximum Gasteiger partial charge on any atom is 0.336 e. The number of carboxylic acid groups (broad SMARTS) is 1. The highest BCUT2D eigenvalue weighted by Crippen LogP contribution is 2.28. The van der Waals surface area contributed by atoms with Gasteiger partial charge < -0.3 is 15.2 Å². The van der Waals surface area contributed by atoms with E-state index in [0.29, 0.717) is 38.4 Å². The van der Waals surface area contributed by atoms with Gasteiger partial charge in [0.1, 0.15) is 0 Å². The maximum absolute atomic E-state index is 11.7. The number of nitrogens with zero attached hydrogens (tertiary/aromatic N) is 1. The first-order valence-electron chi connectivity index (χ1n) is 6.83. The number of rotatable bonds is 6. The Morgan fingerprint density at radius 3 is 2.47 bits per heavy atom. The van der Waals surface area contributed by atoms with Crippen molar-refractivity contribution in [2.24, 2.45) is 5.92 Å². The summed E-state index contributed by atoms with van der Waals surface area (Å²) < 4.78 is 5.15. The van der Waals surface area contributed by atoms with Gasteiger partial charge in [-0.3, -0.25) is 9.69 Å². The van der Waals surface area contributed by atoms with Crippen LogP contribution in [0, 0.1) is 5.92 Å². The van der Waals surface area contributed by atoms with Crippen molar-refractivity contribution in [3.8, 4) is 0 Å². The van der Waals surface area contributed by atoms with Gasteiger partial charge in [0.05, 0.1) is 6.54 Å². The first kappa shape index (κ1) is 14.3. The number of carboxylic acids is 1. The van der Waals surface area contributed by atoms with Gasteiger partial charge in [-0.05, 0) is 31.6 Å². The molecule has 1 saturated heterocycles. The van der Waals surface area contributed by atoms with E-state index in [0.717, 1.165) is 6.54 Å². The molecule has 19 heavy (non-hydrogen) atoms. The highest BCUT2D eigenvalue weighted by atomic mass is 16.5. The van der Waals surface area contributed by atoms with Crippen LogP contribution >= 0.6 is 0 Å². The van der Waals surface area contributed by atoms with Crippen LogP contribution in [-0.2, 0) is 14.3 Å². The lowest BCUT2D eigenvalue weighted by molar-refractivity contribution is -0.168. The van der Waals surface area contributed by atoms with Gasteiger partial charge in [0.25, 0.3) is 0 Å². The van der Waals surface area contributed by atoms with Gasteiger partial charge >= 0.3 is 5.97 Å². The minimum Gasteiger partial charge on any atom is -0.479 e. The summed E-state index contributed by atoms with van der Waals surface area (Å²) in [6.45, 7) is 2.30. The molecule has 0 radical (unpaired) electrons. The zero-order valence-electron chi connectivity index (χ0n) is 11.4. The molecule has 2 fully saturated rings. The van der Waals surface area contributed by atoms with Crippen LogP contribution in [0.3, 0.4) is 0 Å². The van der Waals surface area contributed by atoms with E-state index in [1.807, 2.05) is 4.90 Å². The summed E-state index contributed by atoms with van der Waals surface area (Å²) in [5.41, 5.74) is -1.07. The lowest BCUT2D eigenvalue weighted by Gasteiger charge is -2.37. The van der Waals surface area contributed by atoms with Crippen molar-refractivity contribution in [2.75, 3.05) is 33.3 Å². The predicted molar refractivity (Wildman–Crippen MR) is 68.8 cm³/mol. The van der Waals surface area contributed by atoms with Gasteiger partial charge in [-0.15, -0.1) is 0 Å². The van der Waals surface area contributed by atoms with E-state index in [-0.39, 0.29) is 5.91 Å².